The van der Waals surface area contributed by atoms with Crippen molar-refractivity contribution >= 4 is 5.82 Å². The monoisotopic (exact) mass is 193 g/mol. The van der Waals surface area contributed by atoms with Gasteiger partial charge in [0.05, 0.1) is 0 Å². The number of nitrogens with zero attached hydrogens (tertiary/aromatic N) is 2. The van der Waals surface area contributed by atoms with Crippen molar-refractivity contribution in [1.29, 1.82) is 0 Å². The summed E-state index contributed by atoms with van der Waals surface area (Å²) >= 11 is 0. The molecule has 1 saturated carbocycles. The molecule has 0 radical (unpaired) electrons. The summed E-state index contributed by atoms with van der Waals surface area (Å²) in [5.74, 6) is 1.21. The van der Waals surface area contributed by atoms with Crippen LogP contribution in [0.5, 0.6) is 0 Å². The van der Waals surface area contributed by atoms with Crippen molar-refractivity contribution in [3.05, 3.63) is 22.7 Å². The molecule has 1 fully saturated rings. The molecule has 1 aromatic rings. The van der Waals surface area contributed by atoms with Crippen LogP contribution in [-0.4, -0.2) is 15.6 Å². The van der Waals surface area contributed by atoms with Gasteiger partial charge in [0.15, 0.2) is 5.82 Å². The van der Waals surface area contributed by atoms with Crippen molar-refractivity contribution in [2.24, 2.45) is 13.0 Å². The highest BCUT2D eigenvalue weighted by molar-refractivity contribution is 5.34. The van der Waals surface area contributed by atoms with E-state index in [1.807, 2.05) is 0 Å². The van der Waals surface area contributed by atoms with Gasteiger partial charge >= 0.3 is 0 Å². The minimum Gasteiger partial charge on any atom is -0.362 e. The number of aromatic nitrogens is 2. The van der Waals surface area contributed by atoms with E-state index in [0.29, 0.717) is 11.9 Å². The SMILES string of the molecule is CC[C@@H]1C[C@H]1Nc1nccn(C)c1=O. The van der Waals surface area contributed by atoms with Gasteiger partial charge in [-0.3, -0.25) is 4.79 Å². The average molecular weight is 193 g/mol. The zero-order valence-electron chi connectivity index (χ0n) is 8.53. The molecule has 0 unspecified atom stereocenters. The van der Waals surface area contributed by atoms with Gasteiger partial charge in [0, 0.05) is 25.5 Å². The molecule has 2 atom stereocenters. The van der Waals surface area contributed by atoms with Crippen LogP contribution in [0, 0.1) is 5.92 Å². The first-order valence-electron chi connectivity index (χ1n) is 5.00. The van der Waals surface area contributed by atoms with Crippen LogP contribution < -0.4 is 10.9 Å². The van der Waals surface area contributed by atoms with Crippen LogP contribution in [0.1, 0.15) is 19.8 Å². The van der Waals surface area contributed by atoms with E-state index in [1.54, 1.807) is 24.0 Å². The van der Waals surface area contributed by atoms with E-state index < -0.39 is 0 Å². The van der Waals surface area contributed by atoms with Crippen molar-refractivity contribution in [2.75, 3.05) is 5.32 Å². The number of rotatable bonds is 3. The summed E-state index contributed by atoms with van der Waals surface area (Å²) in [6, 6.07) is 0.461. The summed E-state index contributed by atoms with van der Waals surface area (Å²) in [5.41, 5.74) is -0.0470. The lowest BCUT2D eigenvalue weighted by molar-refractivity contribution is 0.768. The quantitative estimate of drug-likeness (QED) is 0.778. The molecule has 1 aromatic heterocycles. The summed E-state index contributed by atoms with van der Waals surface area (Å²) in [6.45, 7) is 2.17. The molecule has 4 heteroatoms. The smallest absolute Gasteiger partial charge is 0.293 e. The fourth-order valence-electron chi connectivity index (χ4n) is 1.65. The molecule has 0 aliphatic heterocycles. The van der Waals surface area contributed by atoms with Gasteiger partial charge in [-0.15, -0.1) is 0 Å². The Morgan fingerprint density at radius 1 is 1.71 bits per heavy atom. The highest BCUT2D eigenvalue weighted by atomic mass is 16.1. The van der Waals surface area contributed by atoms with Crippen molar-refractivity contribution in [1.82, 2.24) is 9.55 Å². The van der Waals surface area contributed by atoms with Gasteiger partial charge in [-0.2, -0.15) is 0 Å². The molecule has 4 nitrogen and oxygen atoms in total. The van der Waals surface area contributed by atoms with Crippen LogP contribution in [0.2, 0.25) is 0 Å². The summed E-state index contributed by atoms with van der Waals surface area (Å²) in [5, 5.41) is 3.18. The van der Waals surface area contributed by atoms with E-state index in [2.05, 4.69) is 17.2 Å². The number of nitrogens with one attached hydrogen (secondary N) is 1. The molecule has 0 bridgehead atoms. The largest absolute Gasteiger partial charge is 0.362 e. The first kappa shape index (κ1) is 9.24. The summed E-state index contributed by atoms with van der Waals surface area (Å²) in [7, 11) is 1.74. The number of aryl methyl sites for hydroxylation is 1. The molecule has 76 valence electrons. The van der Waals surface area contributed by atoms with Crippen LogP contribution in [0.25, 0.3) is 0 Å². The van der Waals surface area contributed by atoms with Gasteiger partial charge in [0.25, 0.3) is 5.56 Å². The summed E-state index contributed by atoms with van der Waals surface area (Å²) in [4.78, 5) is 15.6. The van der Waals surface area contributed by atoms with Gasteiger partial charge in [-0.05, 0) is 12.3 Å². The normalized spacial score (nSPS) is 24.7. The van der Waals surface area contributed by atoms with E-state index in [-0.39, 0.29) is 5.56 Å². The number of anilines is 1. The van der Waals surface area contributed by atoms with E-state index in [1.165, 1.54) is 6.42 Å². The Morgan fingerprint density at radius 3 is 3.14 bits per heavy atom. The topological polar surface area (TPSA) is 46.9 Å². The Balaban J connectivity index is 2.11. The molecule has 1 aliphatic carbocycles. The van der Waals surface area contributed by atoms with Crippen molar-refractivity contribution in [2.45, 2.75) is 25.8 Å². The third kappa shape index (κ3) is 1.64. The Labute approximate surface area is 83.0 Å². The fourth-order valence-corrected chi connectivity index (χ4v) is 1.65. The Morgan fingerprint density at radius 2 is 2.50 bits per heavy atom. The third-order valence-electron chi connectivity index (χ3n) is 2.79. The fraction of sp³-hybridized carbons (Fsp3) is 0.600. The Bertz CT molecular complexity index is 385. The van der Waals surface area contributed by atoms with Crippen LogP contribution in [-0.2, 0) is 7.05 Å². The molecule has 0 amide bonds. The highest BCUT2D eigenvalue weighted by Crippen LogP contribution is 2.34. The summed E-state index contributed by atoms with van der Waals surface area (Å²) in [6.07, 6.45) is 5.64. The van der Waals surface area contributed by atoms with Crippen molar-refractivity contribution < 1.29 is 0 Å². The molecule has 14 heavy (non-hydrogen) atoms. The van der Waals surface area contributed by atoms with Crippen LogP contribution in [0.15, 0.2) is 17.2 Å². The van der Waals surface area contributed by atoms with Gasteiger partial charge in [0.1, 0.15) is 0 Å². The van der Waals surface area contributed by atoms with Crippen LogP contribution in [0.4, 0.5) is 5.82 Å². The maximum Gasteiger partial charge on any atom is 0.293 e. The van der Waals surface area contributed by atoms with E-state index >= 15 is 0 Å². The number of hydrogen-bond acceptors (Lipinski definition) is 3. The second kappa shape index (κ2) is 3.44. The molecular formula is C10H15N3O. The molecular weight excluding hydrogens is 178 g/mol. The zero-order valence-corrected chi connectivity index (χ0v) is 8.53. The molecule has 0 spiro atoms. The van der Waals surface area contributed by atoms with Crippen molar-refractivity contribution in [3.8, 4) is 0 Å². The number of hydrogen-bond donors (Lipinski definition) is 1. The lowest BCUT2D eigenvalue weighted by Crippen LogP contribution is -2.23. The minimum atomic E-state index is -0.0470. The lowest BCUT2D eigenvalue weighted by atomic mass is 10.3. The zero-order chi connectivity index (χ0) is 10.1. The van der Waals surface area contributed by atoms with E-state index in [9.17, 15) is 4.79 Å². The molecule has 1 aliphatic rings. The lowest BCUT2D eigenvalue weighted by Gasteiger charge is -2.04. The average Bonchev–Trinajstić information content (AvgIpc) is 2.92. The van der Waals surface area contributed by atoms with Crippen molar-refractivity contribution in [3.63, 3.8) is 0 Å². The van der Waals surface area contributed by atoms with Crippen LogP contribution >= 0.6 is 0 Å². The molecule has 0 aromatic carbocycles. The predicted octanol–water partition coefficient (Wildman–Crippen LogP) is 0.991. The van der Waals surface area contributed by atoms with E-state index in [4.69, 9.17) is 0 Å². The highest BCUT2D eigenvalue weighted by Gasteiger charge is 2.35. The van der Waals surface area contributed by atoms with Gasteiger partial charge in [-0.25, -0.2) is 4.98 Å². The molecule has 0 saturated heterocycles. The van der Waals surface area contributed by atoms with Gasteiger partial charge in [-0.1, -0.05) is 13.3 Å². The standard InChI is InChI=1S/C10H15N3O/c1-3-7-6-8(7)12-9-10(14)13(2)5-4-11-9/h4-5,7-8H,3,6H2,1-2H3,(H,11,12)/t7-,8-/m1/s1. The van der Waals surface area contributed by atoms with Gasteiger partial charge in [0.2, 0.25) is 0 Å². The molecule has 1 heterocycles. The summed E-state index contributed by atoms with van der Waals surface area (Å²) < 4.78 is 1.54. The maximum absolute atomic E-state index is 11.6. The second-order valence-corrected chi connectivity index (χ2v) is 3.85. The van der Waals surface area contributed by atoms with E-state index in [0.717, 1.165) is 12.3 Å². The predicted molar refractivity (Wildman–Crippen MR) is 55.3 cm³/mol. The first-order chi connectivity index (χ1) is 6.72. The van der Waals surface area contributed by atoms with Crippen LogP contribution in [0.3, 0.4) is 0 Å². The Hall–Kier alpha value is -1.32. The second-order valence-electron chi connectivity index (χ2n) is 3.85. The first-order valence-corrected chi connectivity index (χ1v) is 5.00. The van der Waals surface area contributed by atoms with Gasteiger partial charge < -0.3 is 9.88 Å². The third-order valence-corrected chi connectivity index (χ3v) is 2.79. The Kier molecular flexibility index (Phi) is 2.27. The minimum absolute atomic E-state index is 0.0470. The molecule has 2 rings (SSSR count). The molecule has 1 N–H and O–H groups in total. The maximum atomic E-state index is 11.6.